The van der Waals surface area contributed by atoms with Gasteiger partial charge >= 0.3 is 0 Å². The van der Waals surface area contributed by atoms with Gasteiger partial charge in [0.2, 0.25) is 5.69 Å². The van der Waals surface area contributed by atoms with E-state index in [1.54, 1.807) is 0 Å². The Morgan fingerprint density at radius 2 is 1.52 bits per heavy atom. The lowest BCUT2D eigenvalue weighted by molar-refractivity contribution is -0.659. The average Bonchev–Trinajstić information content (AvgIpc) is 2.95. The van der Waals surface area contributed by atoms with Gasteiger partial charge in [0.25, 0.3) is 0 Å². The van der Waals surface area contributed by atoms with Crippen molar-refractivity contribution in [3.8, 4) is 11.3 Å². The van der Waals surface area contributed by atoms with Gasteiger partial charge in [-0.25, -0.2) is 0 Å². The summed E-state index contributed by atoms with van der Waals surface area (Å²) in [4.78, 5) is 0. The summed E-state index contributed by atoms with van der Waals surface area (Å²) in [6, 6.07) is 22.2. The molecule has 0 aliphatic rings. The Morgan fingerprint density at radius 1 is 0.778 bits per heavy atom. The molecule has 5 rings (SSSR count). The lowest BCUT2D eigenvalue weighted by Gasteiger charge is -2.08. The van der Waals surface area contributed by atoms with E-state index in [4.69, 9.17) is 0 Å². The number of benzene rings is 3. The molecule has 2 aromatic heterocycles. The fraction of sp³-hybridized carbons (Fsp3) is 0.160. The van der Waals surface area contributed by atoms with E-state index in [9.17, 15) is 0 Å². The molecule has 0 unspecified atom stereocenters. The van der Waals surface area contributed by atoms with Gasteiger partial charge in [0.1, 0.15) is 12.6 Å². The lowest BCUT2D eigenvalue weighted by atomic mass is 10.0. The fourth-order valence-electron chi connectivity index (χ4n) is 4.47. The Kier molecular flexibility index (Phi) is 3.38. The molecule has 132 valence electrons. The zero-order chi connectivity index (χ0) is 18.7. The predicted molar refractivity (Wildman–Crippen MR) is 114 cm³/mol. The number of hydrogen-bond acceptors (Lipinski definition) is 0. The zero-order valence-corrected chi connectivity index (χ0v) is 16.2. The number of fused-ring (bicyclic) bond motifs is 5. The van der Waals surface area contributed by atoms with Crippen LogP contribution in [0.1, 0.15) is 11.1 Å². The molecular weight excluding hydrogens is 328 g/mol. The van der Waals surface area contributed by atoms with Gasteiger partial charge in [-0.1, -0.05) is 54.1 Å². The molecule has 0 radical (unpaired) electrons. The van der Waals surface area contributed by atoms with Crippen molar-refractivity contribution in [2.75, 3.05) is 0 Å². The maximum atomic E-state index is 2.38. The molecule has 27 heavy (non-hydrogen) atoms. The summed E-state index contributed by atoms with van der Waals surface area (Å²) in [5, 5.41) is 5.25. The van der Waals surface area contributed by atoms with Crippen molar-refractivity contribution >= 4 is 32.6 Å². The van der Waals surface area contributed by atoms with Crippen molar-refractivity contribution in [1.82, 2.24) is 4.57 Å². The molecule has 0 bridgehead atoms. The van der Waals surface area contributed by atoms with E-state index in [1.165, 1.54) is 55.0 Å². The molecule has 0 atom stereocenters. The maximum Gasteiger partial charge on any atom is 0.237 e. The highest BCUT2D eigenvalue weighted by atomic mass is 15.0. The summed E-state index contributed by atoms with van der Waals surface area (Å²) in [5.74, 6) is 0. The number of rotatable bonds is 1. The van der Waals surface area contributed by atoms with E-state index in [1.807, 2.05) is 0 Å². The van der Waals surface area contributed by atoms with E-state index in [0.29, 0.717) is 0 Å². The molecule has 0 aliphatic heterocycles. The Balaban J connectivity index is 2.01. The Hall–Kier alpha value is -3.13. The number of pyridine rings is 1. The van der Waals surface area contributed by atoms with Crippen LogP contribution in [0.4, 0.5) is 0 Å². The highest BCUT2D eigenvalue weighted by Gasteiger charge is 2.22. The first-order chi connectivity index (χ1) is 13.1. The minimum atomic E-state index is 1.27. The topological polar surface area (TPSA) is 8.81 Å². The van der Waals surface area contributed by atoms with Gasteiger partial charge in [0.15, 0.2) is 6.20 Å². The van der Waals surface area contributed by atoms with E-state index < -0.39 is 0 Å². The van der Waals surface area contributed by atoms with Gasteiger partial charge in [-0.15, -0.1) is 0 Å². The molecule has 0 aliphatic carbocycles. The second-order valence-electron chi connectivity index (χ2n) is 7.60. The van der Waals surface area contributed by atoms with Gasteiger partial charge < -0.3 is 4.57 Å². The van der Waals surface area contributed by atoms with Gasteiger partial charge in [-0.05, 0) is 30.9 Å². The smallest absolute Gasteiger partial charge is 0.237 e. The van der Waals surface area contributed by atoms with Crippen LogP contribution in [-0.4, -0.2) is 4.57 Å². The Labute approximate surface area is 159 Å². The highest BCUT2D eigenvalue weighted by Crippen LogP contribution is 2.37. The molecule has 3 aromatic carbocycles. The summed E-state index contributed by atoms with van der Waals surface area (Å²) < 4.78 is 4.62. The van der Waals surface area contributed by atoms with Crippen LogP contribution in [0.15, 0.2) is 66.9 Å². The largest absolute Gasteiger partial charge is 0.338 e. The standard InChI is InChI=1S/C25H23N2/c1-16-9-11-20-18(15-16)10-12-21-22-13-14-26(3)24(25(22)27(4)23(20)21)19-8-6-5-7-17(19)2/h5-15H,1-4H3/q+1. The molecular formula is C25H23N2+. The van der Waals surface area contributed by atoms with Crippen molar-refractivity contribution in [1.29, 1.82) is 0 Å². The first kappa shape index (κ1) is 16.1. The minimum absolute atomic E-state index is 1.27. The molecule has 2 nitrogen and oxygen atoms in total. The maximum absolute atomic E-state index is 2.38. The van der Waals surface area contributed by atoms with Crippen LogP contribution in [0, 0.1) is 13.8 Å². The zero-order valence-electron chi connectivity index (χ0n) is 16.2. The van der Waals surface area contributed by atoms with Crippen LogP contribution in [0.3, 0.4) is 0 Å². The molecule has 0 saturated heterocycles. The number of aryl methyl sites for hydroxylation is 4. The van der Waals surface area contributed by atoms with Crippen LogP contribution in [-0.2, 0) is 14.1 Å². The second-order valence-corrected chi connectivity index (χ2v) is 7.60. The summed E-state index contributed by atoms with van der Waals surface area (Å²) in [6.07, 6.45) is 2.18. The van der Waals surface area contributed by atoms with Crippen LogP contribution < -0.4 is 4.57 Å². The van der Waals surface area contributed by atoms with Crippen molar-refractivity contribution in [2.24, 2.45) is 14.1 Å². The third kappa shape index (κ3) is 2.23. The van der Waals surface area contributed by atoms with E-state index in [-0.39, 0.29) is 0 Å². The summed E-state index contributed by atoms with van der Waals surface area (Å²) in [5.41, 5.74) is 7.75. The first-order valence-corrected chi connectivity index (χ1v) is 9.42. The molecule has 0 N–H and O–H groups in total. The predicted octanol–water partition coefficient (Wildman–Crippen LogP) is 5.59. The minimum Gasteiger partial charge on any atom is -0.338 e. The molecule has 2 heteroatoms. The average molecular weight is 351 g/mol. The Morgan fingerprint density at radius 3 is 2.33 bits per heavy atom. The first-order valence-electron chi connectivity index (χ1n) is 9.42. The second kappa shape index (κ2) is 5.68. The van der Waals surface area contributed by atoms with E-state index >= 15 is 0 Å². The van der Waals surface area contributed by atoms with Crippen molar-refractivity contribution in [3.05, 3.63) is 78.0 Å². The van der Waals surface area contributed by atoms with Crippen LogP contribution >= 0.6 is 0 Å². The summed E-state index contributed by atoms with van der Waals surface area (Å²) in [6.45, 7) is 4.34. The summed E-state index contributed by atoms with van der Waals surface area (Å²) >= 11 is 0. The van der Waals surface area contributed by atoms with Crippen molar-refractivity contribution < 1.29 is 4.57 Å². The fourth-order valence-corrected chi connectivity index (χ4v) is 4.47. The Bertz CT molecular complexity index is 1360. The van der Waals surface area contributed by atoms with Gasteiger partial charge in [0.05, 0.1) is 11.1 Å². The number of nitrogens with zero attached hydrogens (tertiary/aromatic N) is 2. The number of hydrogen-bond donors (Lipinski definition) is 0. The van der Waals surface area contributed by atoms with Crippen molar-refractivity contribution in [2.45, 2.75) is 13.8 Å². The molecule has 5 aromatic rings. The van der Waals surface area contributed by atoms with Gasteiger partial charge in [-0.2, -0.15) is 4.57 Å². The van der Waals surface area contributed by atoms with E-state index in [2.05, 4.69) is 104 Å². The van der Waals surface area contributed by atoms with Gasteiger partial charge in [0, 0.05) is 29.3 Å². The van der Waals surface area contributed by atoms with Crippen LogP contribution in [0.5, 0.6) is 0 Å². The summed E-state index contributed by atoms with van der Waals surface area (Å²) in [7, 11) is 4.34. The van der Waals surface area contributed by atoms with Gasteiger partial charge in [-0.3, -0.25) is 0 Å². The SMILES string of the molecule is Cc1ccc2c(ccc3c4cc[n+](C)c(-c5ccccc5C)c4n(C)c23)c1. The normalized spacial score (nSPS) is 11.7. The molecule has 2 heterocycles. The van der Waals surface area contributed by atoms with E-state index in [0.717, 1.165) is 0 Å². The molecule has 0 fully saturated rings. The molecule has 0 spiro atoms. The third-order valence-corrected chi connectivity index (χ3v) is 5.80. The molecule has 0 amide bonds. The quantitative estimate of drug-likeness (QED) is 0.348. The third-order valence-electron chi connectivity index (χ3n) is 5.80. The van der Waals surface area contributed by atoms with Crippen molar-refractivity contribution in [3.63, 3.8) is 0 Å². The highest BCUT2D eigenvalue weighted by molar-refractivity contribution is 6.19. The monoisotopic (exact) mass is 351 g/mol. The lowest BCUT2D eigenvalue weighted by Crippen LogP contribution is -2.31. The number of aromatic nitrogens is 2. The van der Waals surface area contributed by atoms with Crippen LogP contribution in [0.2, 0.25) is 0 Å². The van der Waals surface area contributed by atoms with Crippen LogP contribution in [0.25, 0.3) is 43.8 Å². The molecule has 0 saturated carbocycles.